The number of benzene rings is 9. The summed E-state index contributed by atoms with van der Waals surface area (Å²) < 4.78 is 0. The molecule has 9 aromatic carbocycles. The molecule has 0 unspecified atom stereocenters. The van der Waals surface area contributed by atoms with Crippen LogP contribution in [0.5, 0.6) is 0 Å². The van der Waals surface area contributed by atoms with Gasteiger partial charge in [0.25, 0.3) is 0 Å². The Morgan fingerprint density at radius 3 is 1.06 bits per heavy atom. The van der Waals surface area contributed by atoms with E-state index < -0.39 is 0 Å². The zero-order valence-corrected chi connectivity index (χ0v) is 36.6. The smallest absolute Gasteiger partial charge is 0.164 e. The molecule has 0 bridgehead atoms. The minimum absolute atomic E-state index is 0.580. The molecule has 11 aromatic rings. The summed E-state index contributed by atoms with van der Waals surface area (Å²) >= 11 is 0. The monoisotopic (exact) mass is 869 g/mol. The molecule has 2 heterocycles. The fourth-order valence-electron chi connectivity index (χ4n) is 8.44. The van der Waals surface area contributed by atoms with E-state index in [-0.39, 0.29) is 0 Å². The highest BCUT2D eigenvalue weighted by molar-refractivity contribution is 5.94. The molecule has 0 N–H and O–H groups in total. The van der Waals surface area contributed by atoms with Gasteiger partial charge in [-0.1, -0.05) is 212 Å². The maximum Gasteiger partial charge on any atom is 0.164 e. The van der Waals surface area contributed by atoms with Crippen molar-refractivity contribution >= 4 is 0 Å². The van der Waals surface area contributed by atoms with Gasteiger partial charge in [-0.25, -0.2) is 29.9 Å². The van der Waals surface area contributed by atoms with Gasteiger partial charge in [0, 0.05) is 33.4 Å². The third-order valence-corrected chi connectivity index (χ3v) is 11.8. The summed E-state index contributed by atoms with van der Waals surface area (Å²) in [5.74, 6) is 3.61. The van der Waals surface area contributed by atoms with E-state index in [1.165, 1.54) is 0 Å². The van der Waals surface area contributed by atoms with Gasteiger partial charge in [0.2, 0.25) is 0 Å². The lowest BCUT2D eigenvalue weighted by Crippen LogP contribution is -2.00. The largest absolute Gasteiger partial charge is 0.208 e. The zero-order chi connectivity index (χ0) is 45.7. The first-order chi connectivity index (χ1) is 33.6. The summed E-state index contributed by atoms with van der Waals surface area (Å²) in [5, 5.41) is 9.83. The summed E-state index contributed by atoms with van der Waals surface area (Å²) in [7, 11) is 0. The lowest BCUT2D eigenvalue weighted by atomic mass is 9.86. The molecule has 0 saturated carbocycles. The number of hydrogen-bond donors (Lipinski definition) is 0. The van der Waals surface area contributed by atoms with Crippen molar-refractivity contribution in [2.45, 2.75) is 0 Å². The zero-order valence-electron chi connectivity index (χ0n) is 36.6. The Balaban J connectivity index is 1.03. The highest BCUT2D eigenvalue weighted by atomic mass is 15.0. The lowest BCUT2D eigenvalue weighted by Gasteiger charge is -2.17. The van der Waals surface area contributed by atoms with Crippen LogP contribution in [0.25, 0.3) is 113 Å². The number of aromatic nitrogens is 6. The van der Waals surface area contributed by atoms with Crippen molar-refractivity contribution in [3.63, 3.8) is 0 Å². The predicted octanol–water partition coefficient (Wildman–Crippen LogP) is 14.6. The van der Waals surface area contributed by atoms with Crippen molar-refractivity contribution in [1.29, 1.82) is 5.26 Å². The van der Waals surface area contributed by atoms with Crippen LogP contribution in [0.2, 0.25) is 0 Å². The first-order valence-corrected chi connectivity index (χ1v) is 22.3. The SMILES string of the molecule is N#Cc1cccc(-c2ccc(-c3cccc(-c4nc(-c5ccccc5)nc(-c5ccccc5)n4)c3)c(-c3ccccc3-c3ccc(-c4nc(-c5ccccc5)nc(-c5ccccc5)n4)cc3)c2)c1. The Bertz CT molecular complexity index is 3500. The van der Waals surface area contributed by atoms with Crippen LogP contribution in [0.15, 0.2) is 237 Å². The van der Waals surface area contributed by atoms with Gasteiger partial charge in [-0.05, 0) is 68.8 Å². The summed E-state index contributed by atoms with van der Waals surface area (Å²) in [5.41, 5.74) is 14.2. The summed E-state index contributed by atoms with van der Waals surface area (Å²) in [6.07, 6.45) is 0. The van der Waals surface area contributed by atoms with Crippen LogP contribution in [0.3, 0.4) is 0 Å². The standard InChI is InChI=1S/C61H39N7/c62-40-41-17-15-26-48(37-41)49-35-36-53(50-27-16-28-51(38-50)61-67-58(45-22-9-3-10-23-45)64-59(68-61)46-24-11-4-12-25-46)55(39-49)54-30-14-13-29-52(54)42-31-33-47(34-32-42)60-65-56(43-18-5-1-6-19-43)63-57(66-60)44-20-7-2-8-21-44/h1-39H. The van der Waals surface area contributed by atoms with Gasteiger partial charge in [0.1, 0.15) is 0 Å². The Morgan fingerprint density at radius 1 is 0.221 bits per heavy atom. The van der Waals surface area contributed by atoms with Crippen molar-refractivity contribution in [3.8, 4) is 119 Å². The molecule has 0 spiro atoms. The van der Waals surface area contributed by atoms with Crippen LogP contribution in [-0.4, -0.2) is 29.9 Å². The van der Waals surface area contributed by atoms with E-state index in [1.54, 1.807) is 0 Å². The number of nitrogens with zero attached hydrogens (tertiary/aromatic N) is 7. The molecule has 7 heteroatoms. The van der Waals surface area contributed by atoms with Crippen LogP contribution in [0.4, 0.5) is 0 Å². The Labute approximate surface area is 394 Å². The molecule has 2 aromatic heterocycles. The third-order valence-electron chi connectivity index (χ3n) is 11.8. The first-order valence-electron chi connectivity index (χ1n) is 22.3. The van der Waals surface area contributed by atoms with Crippen LogP contribution < -0.4 is 0 Å². The Kier molecular flexibility index (Phi) is 11.2. The molecule has 0 aliphatic carbocycles. The molecule has 0 amide bonds. The van der Waals surface area contributed by atoms with Gasteiger partial charge in [-0.15, -0.1) is 0 Å². The molecule has 7 nitrogen and oxygen atoms in total. The van der Waals surface area contributed by atoms with E-state index in [1.807, 2.05) is 146 Å². The highest BCUT2D eigenvalue weighted by Crippen LogP contribution is 2.42. The van der Waals surface area contributed by atoms with E-state index in [9.17, 15) is 5.26 Å². The molecular formula is C61H39N7. The summed E-state index contributed by atoms with van der Waals surface area (Å²) in [6, 6.07) is 82.0. The van der Waals surface area contributed by atoms with Crippen LogP contribution >= 0.6 is 0 Å². The molecule has 0 fully saturated rings. The Hall–Kier alpha value is -9.51. The number of hydrogen-bond acceptors (Lipinski definition) is 7. The fraction of sp³-hybridized carbons (Fsp3) is 0. The van der Waals surface area contributed by atoms with Crippen molar-refractivity contribution in [1.82, 2.24) is 29.9 Å². The molecule has 0 saturated heterocycles. The normalized spacial score (nSPS) is 10.9. The second kappa shape index (κ2) is 18.5. The summed E-state index contributed by atoms with van der Waals surface area (Å²) in [6.45, 7) is 0. The van der Waals surface area contributed by atoms with Crippen molar-refractivity contribution < 1.29 is 0 Å². The van der Waals surface area contributed by atoms with Gasteiger partial charge in [-0.2, -0.15) is 5.26 Å². The molecular weight excluding hydrogens is 831 g/mol. The maximum absolute atomic E-state index is 9.83. The molecule has 318 valence electrons. The van der Waals surface area contributed by atoms with Gasteiger partial charge < -0.3 is 0 Å². The molecule has 0 radical (unpaired) electrons. The topological polar surface area (TPSA) is 101 Å². The second-order valence-corrected chi connectivity index (χ2v) is 16.2. The van der Waals surface area contributed by atoms with Gasteiger partial charge >= 0.3 is 0 Å². The molecule has 68 heavy (non-hydrogen) atoms. The third kappa shape index (κ3) is 8.57. The van der Waals surface area contributed by atoms with Gasteiger partial charge in [0.05, 0.1) is 11.6 Å². The van der Waals surface area contributed by atoms with Crippen LogP contribution in [0, 0.1) is 11.3 Å². The number of rotatable bonds is 10. The number of nitriles is 1. The first kappa shape index (κ1) is 41.2. The fourth-order valence-corrected chi connectivity index (χ4v) is 8.44. The average molecular weight is 870 g/mol. The van der Waals surface area contributed by atoms with Crippen molar-refractivity contribution in [2.75, 3.05) is 0 Å². The van der Waals surface area contributed by atoms with Crippen LogP contribution in [0.1, 0.15) is 5.56 Å². The van der Waals surface area contributed by atoms with E-state index in [0.717, 1.165) is 77.9 Å². The quantitative estimate of drug-likeness (QED) is 0.135. The summed E-state index contributed by atoms with van der Waals surface area (Å²) in [4.78, 5) is 29.9. The second-order valence-electron chi connectivity index (χ2n) is 16.2. The molecule has 0 aliphatic rings. The Morgan fingerprint density at radius 2 is 0.559 bits per heavy atom. The van der Waals surface area contributed by atoms with Crippen molar-refractivity contribution in [2.24, 2.45) is 0 Å². The minimum Gasteiger partial charge on any atom is -0.208 e. The maximum atomic E-state index is 9.83. The van der Waals surface area contributed by atoms with E-state index in [4.69, 9.17) is 29.9 Å². The molecule has 11 rings (SSSR count). The lowest BCUT2D eigenvalue weighted by molar-refractivity contribution is 1.07. The highest BCUT2D eigenvalue weighted by Gasteiger charge is 2.18. The van der Waals surface area contributed by atoms with E-state index >= 15 is 0 Å². The van der Waals surface area contributed by atoms with E-state index in [2.05, 4.69) is 97.1 Å². The minimum atomic E-state index is 0.580. The van der Waals surface area contributed by atoms with Gasteiger partial charge in [-0.3, -0.25) is 0 Å². The average Bonchev–Trinajstić information content (AvgIpc) is 3.43. The van der Waals surface area contributed by atoms with Gasteiger partial charge in [0.15, 0.2) is 34.9 Å². The van der Waals surface area contributed by atoms with Crippen molar-refractivity contribution in [3.05, 3.63) is 242 Å². The molecule has 0 aliphatic heterocycles. The molecule has 0 atom stereocenters. The predicted molar refractivity (Wildman–Crippen MR) is 272 cm³/mol. The van der Waals surface area contributed by atoms with Crippen LogP contribution in [-0.2, 0) is 0 Å². The van der Waals surface area contributed by atoms with E-state index in [0.29, 0.717) is 40.5 Å².